The highest BCUT2D eigenvalue weighted by Crippen LogP contribution is 2.40. The Labute approximate surface area is 392 Å². The Morgan fingerprint density at radius 2 is 0.785 bits per heavy atom. The minimum Gasteiger partial charge on any atom is -0.206 e. The zero-order valence-corrected chi connectivity index (χ0v) is 40.2. The van der Waals surface area contributed by atoms with Gasteiger partial charge in [0.15, 0.2) is 0 Å². The summed E-state index contributed by atoms with van der Waals surface area (Å²) in [4.78, 5) is 0. The molecule has 6 aromatic carbocycles. The van der Waals surface area contributed by atoms with Crippen molar-refractivity contribution >= 4 is 0 Å². The summed E-state index contributed by atoms with van der Waals surface area (Å²) in [7, 11) is 0. The monoisotopic (exact) mass is 871 g/mol. The van der Waals surface area contributed by atoms with E-state index in [9.17, 15) is 4.39 Å². The topological polar surface area (TPSA) is 0 Å². The zero-order chi connectivity index (χ0) is 45.4. The number of rotatable bonds is 17. The summed E-state index contributed by atoms with van der Waals surface area (Å²) in [6, 6.07) is 46.7. The van der Waals surface area contributed by atoms with Gasteiger partial charge in [0, 0.05) is 11.1 Å². The van der Waals surface area contributed by atoms with E-state index in [-0.39, 0.29) is 11.6 Å². The number of halogens is 2. The van der Waals surface area contributed by atoms with E-state index in [1.807, 2.05) is 12.1 Å². The predicted octanol–water partition coefficient (Wildman–Crippen LogP) is 18.4. The second kappa shape index (κ2) is 24.6. The molecule has 0 heterocycles. The number of unbranched alkanes of at least 4 members (excludes halogenated alkanes) is 2. The van der Waals surface area contributed by atoms with Gasteiger partial charge in [-0.2, -0.15) is 0 Å². The van der Waals surface area contributed by atoms with E-state index in [2.05, 4.69) is 137 Å². The molecule has 0 bridgehead atoms. The smallest absolute Gasteiger partial charge is 0.131 e. The van der Waals surface area contributed by atoms with Crippen LogP contribution in [0.4, 0.5) is 8.78 Å². The SMILES string of the molecule is CCCC1CCC(c2ccc(-c3ccc(CCc4ccc(C)cc4)cc3)c(F)c2)CC1.CCCCCc1ccc(CCc2ccc(-c3ccc(C4CCC(CC)CC4)cc3F)cc2)cc1. The first-order valence-corrected chi connectivity index (χ1v) is 25.7. The highest BCUT2D eigenvalue weighted by atomic mass is 19.1. The number of hydrogen-bond acceptors (Lipinski definition) is 0. The average molecular weight is 871 g/mol. The molecule has 6 aromatic rings. The molecule has 0 nitrogen and oxygen atoms in total. The third kappa shape index (κ3) is 14.1. The Bertz CT molecular complexity index is 2300. The number of hydrogen-bond donors (Lipinski definition) is 0. The van der Waals surface area contributed by atoms with Gasteiger partial charge in [-0.05, 0) is 183 Å². The van der Waals surface area contributed by atoms with Gasteiger partial charge >= 0.3 is 0 Å². The minimum atomic E-state index is -0.0828. The van der Waals surface area contributed by atoms with E-state index < -0.39 is 0 Å². The Balaban J connectivity index is 0.000000195. The molecule has 2 aliphatic rings. The molecule has 2 saturated carbocycles. The van der Waals surface area contributed by atoms with Crippen LogP contribution < -0.4 is 0 Å². The largest absolute Gasteiger partial charge is 0.206 e. The number of aryl methyl sites for hydroxylation is 6. The summed E-state index contributed by atoms with van der Waals surface area (Å²) in [5.74, 6) is 2.64. The molecule has 0 N–H and O–H groups in total. The average Bonchev–Trinajstić information content (AvgIpc) is 3.34. The van der Waals surface area contributed by atoms with Gasteiger partial charge in [-0.1, -0.05) is 180 Å². The molecule has 2 heteroatoms. The lowest BCUT2D eigenvalue weighted by Gasteiger charge is -2.28. The second-order valence-corrected chi connectivity index (χ2v) is 19.8. The highest BCUT2D eigenvalue weighted by Gasteiger charge is 2.24. The molecule has 342 valence electrons. The molecule has 0 aliphatic heterocycles. The van der Waals surface area contributed by atoms with Crippen molar-refractivity contribution in [3.8, 4) is 22.3 Å². The summed E-state index contributed by atoms with van der Waals surface area (Å²) in [6.07, 6.45) is 23.0. The summed E-state index contributed by atoms with van der Waals surface area (Å²) < 4.78 is 30.0. The molecule has 0 amide bonds. The van der Waals surface area contributed by atoms with Crippen LogP contribution in [0.2, 0.25) is 0 Å². The highest BCUT2D eigenvalue weighted by molar-refractivity contribution is 5.66. The van der Waals surface area contributed by atoms with Crippen molar-refractivity contribution in [1.82, 2.24) is 0 Å². The van der Waals surface area contributed by atoms with E-state index in [0.717, 1.165) is 54.2 Å². The van der Waals surface area contributed by atoms with Gasteiger partial charge < -0.3 is 0 Å². The third-order valence-electron chi connectivity index (χ3n) is 15.0. The Kier molecular flexibility index (Phi) is 18.2. The van der Waals surface area contributed by atoms with Crippen LogP contribution in [-0.2, 0) is 32.1 Å². The van der Waals surface area contributed by atoms with Crippen LogP contribution in [0.1, 0.15) is 167 Å². The van der Waals surface area contributed by atoms with Gasteiger partial charge in [0.1, 0.15) is 11.6 Å². The van der Waals surface area contributed by atoms with Crippen LogP contribution in [-0.4, -0.2) is 0 Å². The zero-order valence-electron chi connectivity index (χ0n) is 40.2. The third-order valence-corrected chi connectivity index (χ3v) is 15.0. The van der Waals surface area contributed by atoms with Crippen LogP contribution in [0, 0.1) is 30.4 Å². The predicted molar refractivity (Wildman–Crippen MR) is 274 cm³/mol. The summed E-state index contributed by atoms with van der Waals surface area (Å²) in [5.41, 5.74) is 13.8. The maximum atomic E-state index is 15.0. The fraction of sp³-hybridized carbons (Fsp3) is 0.429. The molecule has 0 atom stereocenters. The minimum absolute atomic E-state index is 0.0816. The van der Waals surface area contributed by atoms with Gasteiger partial charge in [-0.15, -0.1) is 0 Å². The van der Waals surface area contributed by atoms with Crippen LogP contribution in [0.3, 0.4) is 0 Å². The first-order chi connectivity index (χ1) is 31.8. The molecule has 65 heavy (non-hydrogen) atoms. The van der Waals surface area contributed by atoms with Crippen molar-refractivity contribution in [1.29, 1.82) is 0 Å². The standard InChI is InChI=1S/C33H41F.C30H35F/c1-3-5-6-7-26-8-10-27(11-9-26)12-13-28-16-20-30(21-17-28)32-23-22-31(24-33(32)34)29-18-14-25(4-2)15-19-29;1-3-4-23-11-15-26(16-12-23)28-19-20-29(30(31)21-28)27-17-13-25(14-18-27)10-9-24-7-5-22(2)6-8-24/h8-11,16-17,20-25,29H,3-7,12-15,18-19H2,1-2H3;5-8,13-14,17-21,23,26H,3-4,9-12,15-16H2,1-2H3. The van der Waals surface area contributed by atoms with Crippen molar-refractivity contribution in [2.45, 2.75) is 162 Å². The van der Waals surface area contributed by atoms with E-state index >= 15 is 4.39 Å². The second-order valence-electron chi connectivity index (χ2n) is 19.8. The van der Waals surface area contributed by atoms with E-state index in [1.54, 1.807) is 12.1 Å². The van der Waals surface area contributed by atoms with Crippen molar-refractivity contribution in [3.63, 3.8) is 0 Å². The Morgan fingerprint density at radius 1 is 0.400 bits per heavy atom. The van der Waals surface area contributed by atoms with Crippen LogP contribution >= 0.6 is 0 Å². The quantitative estimate of drug-likeness (QED) is 0.0801. The van der Waals surface area contributed by atoms with Crippen LogP contribution in [0.25, 0.3) is 22.3 Å². The Morgan fingerprint density at radius 3 is 1.17 bits per heavy atom. The molecule has 8 rings (SSSR count). The molecule has 0 saturated heterocycles. The van der Waals surface area contributed by atoms with Gasteiger partial charge in [-0.25, -0.2) is 8.78 Å². The normalized spacial score (nSPS) is 18.5. The molecule has 0 spiro atoms. The van der Waals surface area contributed by atoms with Gasteiger partial charge in [0.2, 0.25) is 0 Å². The first kappa shape index (κ1) is 48.1. The van der Waals surface area contributed by atoms with Gasteiger partial charge in [0.05, 0.1) is 0 Å². The molecule has 0 radical (unpaired) electrons. The summed E-state index contributed by atoms with van der Waals surface area (Å²) in [6.45, 7) is 8.93. The maximum absolute atomic E-state index is 15.0. The van der Waals surface area contributed by atoms with E-state index in [1.165, 1.54) is 141 Å². The van der Waals surface area contributed by atoms with Crippen molar-refractivity contribution < 1.29 is 8.78 Å². The fourth-order valence-electron chi connectivity index (χ4n) is 10.6. The van der Waals surface area contributed by atoms with Gasteiger partial charge in [0.25, 0.3) is 0 Å². The molecular formula is C63H76F2. The molecule has 2 aliphatic carbocycles. The van der Waals surface area contributed by atoms with Crippen LogP contribution in [0.15, 0.2) is 133 Å². The lowest BCUT2D eigenvalue weighted by atomic mass is 9.77. The van der Waals surface area contributed by atoms with Gasteiger partial charge in [-0.3, -0.25) is 0 Å². The van der Waals surface area contributed by atoms with Crippen molar-refractivity contribution in [2.75, 3.05) is 0 Å². The van der Waals surface area contributed by atoms with E-state index in [0.29, 0.717) is 17.4 Å². The summed E-state index contributed by atoms with van der Waals surface area (Å²) in [5, 5.41) is 0. The van der Waals surface area contributed by atoms with E-state index in [4.69, 9.17) is 0 Å². The molecule has 2 fully saturated rings. The summed E-state index contributed by atoms with van der Waals surface area (Å²) >= 11 is 0. The lowest BCUT2D eigenvalue weighted by Crippen LogP contribution is -2.13. The molecule has 0 aromatic heterocycles. The maximum Gasteiger partial charge on any atom is 0.131 e. The number of benzene rings is 6. The molecule has 0 unspecified atom stereocenters. The van der Waals surface area contributed by atoms with Crippen molar-refractivity contribution in [2.24, 2.45) is 11.8 Å². The lowest BCUT2D eigenvalue weighted by molar-refractivity contribution is 0.308. The fourth-order valence-corrected chi connectivity index (χ4v) is 10.6. The molecular weight excluding hydrogens is 795 g/mol. The Hall–Kier alpha value is -4.82. The first-order valence-electron chi connectivity index (χ1n) is 25.7. The van der Waals surface area contributed by atoms with Crippen LogP contribution in [0.5, 0.6) is 0 Å². The van der Waals surface area contributed by atoms with Crippen molar-refractivity contribution in [3.05, 3.63) is 190 Å².